The summed E-state index contributed by atoms with van der Waals surface area (Å²) < 4.78 is 82.1. The fourth-order valence-corrected chi connectivity index (χ4v) is 4.40. The molecule has 2 atom stereocenters. The molecule has 0 saturated heterocycles. The van der Waals surface area contributed by atoms with Crippen molar-refractivity contribution >= 4 is 34.4 Å². The first kappa shape index (κ1) is 33.7. The topological polar surface area (TPSA) is 141 Å². The van der Waals surface area contributed by atoms with Crippen LogP contribution in [-0.4, -0.2) is 70.9 Å². The molecule has 3 aromatic rings. The molecular weight excluding hydrogens is 727 g/mol. The summed E-state index contributed by atoms with van der Waals surface area (Å²) in [5.41, 5.74) is 0.672. The van der Waals surface area contributed by atoms with Crippen molar-refractivity contribution < 1.29 is 40.7 Å². The molecule has 3 N–H and O–H groups in total. The molecule has 12 nitrogen and oxygen atoms in total. The maximum atomic E-state index is 14.7. The quantitative estimate of drug-likeness (QED) is 0.137. The van der Waals surface area contributed by atoms with Crippen molar-refractivity contribution in [1.82, 2.24) is 45.9 Å². The van der Waals surface area contributed by atoms with E-state index < -0.39 is 40.1 Å². The standard InChI is InChI=1S/C26H26F6IN9O3/c1-15-17(5-6-22(36-15)25(28,29)33)11-35-24(44)20-13-41(39-37-20)8-7-18(27)12-42-14-21(38-40-42)23(43)34-10-16-3-2-4-19(9-16)45-26(30,31)32/h2-6,9,13-15,18,36H,7-8,10-12H2,1H3,(H,34,43)(H,35,44). The lowest BCUT2D eigenvalue weighted by Gasteiger charge is -2.26. The van der Waals surface area contributed by atoms with Crippen LogP contribution in [0.15, 0.2) is 60.1 Å². The van der Waals surface area contributed by atoms with Crippen LogP contribution in [0.5, 0.6) is 5.75 Å². The normalized spacial score (nSPS) is 15.9. The smallest absolute Gasteiger partial charge is 0.406 e. The van der Waals surface area contributed by atoms with Crippen molar-refractivity contribution in [3.05, 3.63) is 77.0 Å². The number of nitrogens with zero attached hydrogens (tertiary/aromatic N) is 6. The predicted octanol–water partition coefficient (Wildman–Crippen LogP) is 3.69. The molecule has 0 bridgehead atoms. The number of alkyl halides is 7. The fourth-order valence-electron chi connectivity index (χ4n) is 4.07. The number of aromatic nitrogens is 6. The van der Waals surface area contributed by atoms with E-state index in [-0.39, 0.29) is 49.7 Å². The van der Waals surface area contributed by atoms with Gasteiger partial charge in [0.25, 0.3) is 11.8 Å². The van der Waals surface area contributed by atoms with Crippen LogP contribution >= 0.6 is 22.6 Å². The number of benzene rings is 1. The van der Waals surface area contributed by atoms with Crippen molar-refractivity contribution in [1.29, 1.82) is 0 Å². The zero-order valence-electron chi connectivity index (χ0n) is 23.4. The van der Waals surface area contributed by atoms with Gasteiger partial charge in [-0.2, -0.15) is 8.78 Å². The van der Waals surface area contributed by atoms with Gasteiger partial charge in [0.2, 0.25) is 0 Å². The van der Waals surface area contributed by atoms with Crippen molar-refractivity contribution in [2.24, 2.45) is 0 Å². The monoisotopic (exact) mass is 753 g/mol. The Bertz CT molecular complexity index is 1570. The summed E-state index contributed by atoms with van der Waals surface area (Å²) in [5.74, 6) is -1.64. The van der Waals surface area contributed by atoms with Gasteiger partial charge in [0.1, 0.15) is 11.9 Å². The highest BCUT2D eigenvalue weighted by Gasteiger charge is 2.33. The van der Waals surface area contributed by atoms with E-state index in [0.717, 1.165) is 39.4 Å². The number of nitrogens with one attached hydrogen (secondary N) is 3. The maximum Gasteiger partial charge on any atom is 0.573 e. The summed E-state index contributed by atoms with van der Waals surface area (Å²) >= 11 is 1.03. The van der Waals surface area contributed by atoms with Gasteiger partial charge in [0, 0.05) is 54.7 Å². The molecule has 0 spiro atoms. The van der Waals surface area contributed by atoms with Gasteiger partial charge in [0.05, 0.1) is 24.6 Å². The fraction of sp³-hybridized carbons (Fsp3) is 0.385. The third-order valence-corrected chi connectivity index (χ3v) is 6.92. The molecule has 45 heavy (non-hydrogen) atoms. The van der Waals surface area contributed by atoms with Crippen molar-refractivity contribution in [2.45, 2.75) is 55.5 Å². The van der Waals surface area contributed by atoms with E-state index in [4.69, 9.17) is 0 Å². The lowest BCUT2D eigenvalue weighted by atomic mass is 10.0. The zero-order valence-corrected chi connectivity index (χ0v) is 25.5. The van der Waals surface area contributed by atoms with Crippen LogP contribution in [0.1, 0.15) is 39.9 Å². The highest BCUT2D eigenvalue weighted by atomic mass is 127. The Morgan fingerprint density at radius 1 is 1.02 bits per heavy atom. The molecule has 0 radical (unpaired) electrons. The zero-order chi connectivity index (χ0) is 32.8. The number of rotatable bonds is 13. The molecule has 0 aliphatic carbocycles. The highest BCUT2D eigenvalue weighted by Crippen LogP contribution is 2.32. The Balaban J connectivity index is 1.20. The highest BCUT2D eigenvalue weighted by molar-refractivity contribution is 14.1. The number of carbonyl (C=O) groups is 2. The lowest BCUT2D eigenvalue weighted by molar-refractivity contribution is -0.274. The Morgan fingerprint density at radius 3 is 2.31 bits per heavy atom. The maximum absolute atomic E-state index is 14.7. The number of ether oxygens (including phenoxy) is 1. The number of hydrogen-bond donors (Lipinski definition) is 3. The molecule has 1 aliphatic heterocycles. The molecular formula is C26H26F6IN9O3. The molecule has 242 valence electrons. The molecule has 19 heteroatoms. The van der Waals surface area contributed by atoms with Gasteiger partial charge in [0.15, 0.2) is 11.4 Å². The van der Waals surface area contributed by atoms with Crippen LogP contribution in [0.2, 0.25) is 0 Å². The van der Waals surface area contributed by atoms with Crippen molar-refractivity contribution in [3.8, 4) is 5.75 Å². The second-order valence-corrected chi connectivity index (χ2v) is 11.2. The first-order valence-electron chi connectivity index (χ1n) is 13.3. The number of halogens is 7. The second-order valence-electron chi connectivity index (χ2n) is 9.82. The van der Waals surface area contributed by atoms with E-state index in [1.165, 1.54) is 41.4 Å². The van der Waals surface area contributed by atoms with Gasteiger partial charge in [-0.05, 0) is 36.3 Å². The minimum absolute atomic E-state index is 0.0102. The van der Waals surface area contributed by atoms with Gasteiger partial charge in [-0.1, -0.05) is 28.6 Å². The number of aryl methyl sites for hydroxylation is 1. The largest absolute Gasteiger partial charge is 0.573 e. The van der Waals surface area contributed by atoms with Crippen LogP contribution in [0.3, 0.4) is 0 Å². The average Bonchev–Trinajstić information content (AvgIpc) is 3.63. The molecule has 0 saturated carbocycles. The molecule has 3 heterocycles. The van der Waals surface area contributed by atoms with Gasteiger partial charge in [-0.15, -0.1) is 23.4 Å². The van der Waals surface area contributed by atoms with E-state index in [1.807, 2.05) is 0 Å². The van der Waals surface area contributed by atoms with E-state index in [1.54, 1.807) is 6.92 Å². The number of dihydropyridines is 1. The molecule has 2 unspecified atom stereocenters. The number of hydrogen-bond acceptors (Lipinski definition) is 8. The van der Waals surface area contributed by atoms with Gasteiger partial charge in [-0.3, -0.25) is 14.3 Å². The Hall–Kier alpha value is -4.17. The minimum atomic E-state index is -4.85. The predicted molar refractivity (Wildman–Crippen MR) is 154 cm³/mol. The molecule has 1 aromatic carbocycles. The third-order valence-electron chi connectivity index (χ3n) is 6.34. The third kappa shape index (κ3) is 10.2. The molecule has 0 fully saturated rings. The Morgan fingerprint density at radius 2 is 1.67 bits per heavy atom. The summed E-state index contributed by atoms with van der Waals surface area (Å²) in [4.78, 5) is 24.9. The second kappa shape index (κ2) is 14.3. The van der Waals surface area contributed by atoms with Gasteiger partial charge in [-0.25, -0.2) is 9.07 Å². The van der Waals surface area contributed by atoms with Crippen LogP contribution in [0.4, 0.5) is 26.3 Å². The van der Waals surface area contributed by atoms with E-state index in [0.29, 0.717) is 11.1 Å². The lowest BCUT2D eigenvalue weighted by Crippen LogP contribution is -2.39. The Labute approximate surface area is 265 Å². The van der Waals surface area contributed by atoms with E-state index >= 15 is 0 Å². The summed E-state index contributed by atoms with van der Waals surface area (Å²) in [6.07, 6.45) is -0.959. The molecule has 2 amide bonds. The summed E-state index contributed by atoms with van der Waals surface area (Å²) in [7, 11) is 0. The number of allylic oxidation sites excluding steroid dienone is 3. The van der Waals surface area contributed by atoms with Crippen LogP contribution in [0.25, 0.3) is 0 Å². The van der Waals surface area contributed by atoms with Crippen LogP contribution in [0, 0.1) is 0 Å². The number of carbonyl (C=O) groups excluding carboxylic acids is 2. The average molecular weight is 753 g/mol. The molecule has 2 aromatic heterocycles. The van der Waals surface area contributed by atoms with Gasteiger partial charge >= 0.3 is 10.3 Å². The first-order valence-corrected chi connectivity index (χ1v) is 14.3. The summed E-state index contributed by atoms with van der Waals surface area (Å²) in [5, 5.41) is 22.9. The SMILES string of the molecule is CC1NC(C(F)(F)I)=CC=C1CNC(=O)c1cn(CCC(F)Cn2cc(C(=O)NCc3cccc(OC(F)(F)F)c3)nn2)nn1. The molecule has 1 aliphatic rings. The number of amides is 2. The first-order chi connectivity index (χ1) is 21.2. The van der Waals surface area contributed by atoms with E-state index in [9.17, 15) is 35.9 Å². The summed E-state index contributed by atoms with van der Waals surface area (Å²) in [6, 6.07) is 4.67. The Kier molecular flexibility index (Phi) is 10.7. The van der Waals surface area contributed by atoms with E-state index in [2.05, 4.69) is 41.3 Å². The van der Waals surface area contributed by atoms with Crippen LogP contribution < -0.4 is 20.7 Å². The molecule has 4 rings (SSSR count). The van der Waals surface area contributed by atoms with Gasteiger partial charge < -0.3 is 20.7 Å². The minimum Gasteiger partial charge on any atom is -0.406 e. The van der Waals surface area contributed by atoms with Crippen molar-refractivity contribution in [3.63, 3.8) is 0 Å². The summed E-state index contributed by atoms with van der Waals surface area (Å²) in [6.45, 7) is 1.50. The van der Waals surface area contributed by atoms with Crippen LogP contribution in [-0.2, 0) is 19.6 Å². The van der Waals surface area contributed by atoms with Crippen molar-refractivity contribution in [2.75, 3.05) is 6.54 Å².